The molecule has 2 rings (SSSR count). The third-order valence-corrected chi connectivity index (χ3v) is 4.86. The van der Waals surface area contributed by atoms with Crippen molar-refractivity contribution in [3.8, 4) is 0 Å². The zero-order valence-electron chi connectivity index (χ0n) is 13.3. The quantitative estimate of drug-likeness (QED) is 0.740. The second-order valence-electron chi connectivity index (χ2n) is 5.60. The number of halogens is 1. The topological polar surface area (TPSA) is 44.3 Å². The largest absolute Gasteiger partial charge is 0.369 e. The predicted molar refractivity (Wildman–Crippen MR) is 97.2 cm³/mol. The molecule has 0 radical (unpaired) electrons. The highest BCUT2D eigenvalue weighted by Gasteiger charge is 2.19. The van der Waals surface area contributed by atoms with Gasteiger partial charge in [-0.1, -0.05) is 20.3 Å². The van der Waals surface area contributed by atoms with Crippen LogP contribution in [0, 0.1) is 3.57 Å². The van der Waals surface area contributed by atoms with E-state index in [2.05, 4.69) is 58.6 Å². The average molecular weight is 403 g/mol. The second kappa shape index (κ2) is 8.12. The van der Waals surface area contributed by atoms with Crippen molar-refractivity contribution >= 4 is 34.4 Å². The summed E-state index contributed by atoms with van der Waals surface area (Å²) < 4.78 is 1.18. The van der Waals surface area contributed by atoms with Crippen LogP contribution in [0.2, 0.25) is 0 Å². The first-order valence-corrected chi connectivity index (χ1v) is 8.97. The van der Waals surface area contributed by atoms with Crippen LogP contribution in [0.5, 0.6) is 0 Å². The Bertz CT molecular complexity index is 458. The van der Waals surface area contributed by atoms with Crippen molar-refractivity contribution in [1.82, 2.24) is 14.9 Å². The van der Waals surface area contributed by atoms with E-state index in [-0.39, 0.29) is 0 Å². The summed E-state index contributed by atoms with van der Waals surface area (Å²) in [7, 11) is 2.17. The molecule has 1 N–H and O–H groups in total. The van der Waals surface area contributed by atoms with Gasteiger partial charge >= 0.3 is 0 Å². The number of likely N-dealkylation sites (N-methyl/N-ethyl adjacent to an activating group) is 1. The van der Waals surface area contributed by atoms with Crippen LogP contribution < -0.4 is 10.2 Å². The lowest BCUT2D eigenvalue weighted by molar-refractivity contribution is 0.311. The number of anilines is 2. The zero-order chi connectivity index (χ0) is 15.2. The number of piperazine rings is 1. The highest BCUT2D eigenvalue weighted by Crippen LogP contribution is 2.24. The smallest absolute Gasteiger partial charge is 0.227 e. The summed E-state index contributed by atoms with van der Waals surface area (Å²) >= 11 is 2.38. The molecule has 21 heavy (non-hydrogen) atoms. The Labute approximate surface area is 141 Å². The van der Waals surface area contributed by atoms with Crippen molar-refractivity contribution in [2.24, 2.45) is 0 Å². The van der Waals surface area contributed by atoms with E-state index in [1.807, 2.05) is 0 Å². The molecule has 1 fully saturated rings. The molecule has 5 nitrogen and oxygen atoms in total. The van der Waals surface area contributed by atoms with Gasteiger partial charge in [-0.25, -0.2) is 4.98 Å². The molecule has 0 saturated carbocycles. The Balaban J connectivity index is 2.25. The monoisotopic (exact) mass is 403 g/mol. The first-order chi connectivity index (χ1) is 10.2. The Hall–Kier alpha value is -0.630. The van der Waals surface area contributed by atoms with Crippen molar-refractivity contribution in [2.75, 3.05) is 50.0 Å². The highest BCUT2D eigenvalue weighted by molar-refractivity contribution is 14.1. The van der Waals surface area contributed by atoms with Crippen LogP contribution in [0.25, 0.3) is 0 Å². The van der Waals surface area contributed by atoms with Crippen LogP contribution in [0.1, 0.15) is 32.4 Å². The molecule has 0 bridgehead atoms. The molecule has 0 aliphatic carbocycles. The first kappa shape index (κ1) is 16.7. The lowest BCUT2D eigenvalue weighted by Crippen LogP contribution is -2.45. The zero-order valence-corrected chi connectivity index (χ0v) is 15.5. The van der Waals surface area contributed by atoms with Gasteiger partial charge in [0.1, 0.15) is 5.82 Å². The van der Waals surface area contributed by atoms with E-state index in [9.17, 15) is 0 Å². The molecule has 0 unspecified atom stereocenters. The predicted octanol–water partition coefficient (Wildman–Crippen LogP) is 2.61. The van der Waals surface area contributed by atoms with E-state index in [1.165, 1.54) is 9.26 Å². The van der Waals surface area contributed by atoms with E-state index >= 15 is 0 Å². The maximum Gasteiger partial charge on any atom is 0.227 e. The number of nitrogens with zero attached hydrogens (tertiary/aromatic N) is 4. The molecule has 0 aromatic carbocycles. The summed E-state index contributed by atoms with van der Waals surface area (Å²) in [4.78, 5) is 14.3. The van der Waals surface area contributed by atoms with Gasteiger partial charge in [-0.3, -0.25) is 0 Å². The maximum atomic E-state index is 4.83. The number of hydrogen-bond donors (Lipinski definition) is 1. The summed E-state index contributed by atoms with van der Waals surface area (Å²) in [6.07, 6.45) is 3.23. The van der Waals surface area contributed by atoms with Crippen LogP contribution >= 0.6 is 22.6 Å². The molecule has 0 atom stereocenters. The molecular formula is C15H26IN5. The molecule has 1 aromatic heterocycles. The van der Waals surface area contributed by atoms with Crippen LogP contribution in [-0.4, -0.2) is 54.6 Å². The number of aryl methyl sites for hydroxylation is 1. The summed E-state index contributed by atoms with van der Waals surface area (Å²) in [5, 5.41) is 3.45. The fourth-order valence-corrected chi connectivity index (χ4v) is 3.09. The first-order valence-electron chi connectivity index (χ1n) is 7.89. The summed E-state index contributed by atoms with van der Waals surface area (Å²) in [5.41, 5.74) is 1.18. The third kappa shape index (κ3) is 4.42. The number of nitrogens with one attached hydrogen (secondary N) is 1. The van der Waals surface area contributed by atoms with Crippen molar-refractivity contribution in [2.45, 2.75) is 33.1 Å². The summed E-state index contributed by atoms with van der Waals surface area (Å²) in [6, 6.07) is 0. The van der Waals surface area contributed by atoms with Gasteiger partial charge in [-0.05, 0) is 42.5 Å². The van der Waals surface area contributed by atoms with Gasteiger partial charge in [-0.15, -0.1) is 0 Å². The lowest BCUT2D eigenvalue weighted by atomic mass is 10.2. The molecule has 2 heterocycles. The second-order valence-corrected chi connectivity index (χ2v) is 6.68. The normalized spacial score (nSPS) is 16.3. The van der Waals surface area contributed by atoms with Gasteiger partial charge in [0, 0.05) is 32.7 Å². The minimum absolute atomic E-state index is 0.894. The summed E-state index contributed by atoms with van der Waals surface area (Å²) in [6.45, 7) is 9.51. The van der Waals surface area contributed by atoms with Crippen molar-refractivity contribution in [3.63, 3.8) is 0 Å². The van der Waals surface area contributed by atoms with Crippen molar-refractivity contribution in [1.29, 1.82) is 0 Å². The summed E-state index contributed by atoms with van der Waals surface area (Å²) in [5.74, 6) is 1.90. The molecule has 0 spiro atoms. The molecule has 118 valence electrons. The molecule has 1 aliphatic rings. The van der Waals surface area contributed by atoms with E-state index in [4.69, 9.17) is 9.97 Å². The number of rotatable bonds is 6. The van der Waals surface area contributed by atoms with Crippen LogP contribution in [0.15, 0.2) is 0 Å². The molecule has 1 aromatic rings. The minimum atomic E-state index is 0.894. The Morgan fingerprint density at radius 3 is 2.43 bits per heavy atom. The van der Waals surface area contributed by atoms with Crippen LogP contribution in [0.3, 0.4) is 0 Å². The van der Waals surface area contributed by atoms with Gasteiger partial charge < -0.3 is 15.1 Å². The molecular weight excluding hydrogens is 377 g/mol. The van der Waals surface area contributed by atoms with Crippen molar-refractivity contribution in [3.05, 3.63) is 9.26 Å². The van der Waals surface area contributed by atoms with Gasteiger partial charge in [0.15, 0.2) is 0 Å². The van der Waals surface area contributed by atoms with E-state index in [0.29, 0.717) is 0 Å². The SMILES string of the molecule is CCCNc1nc(N2CCN(C)CC2)nc(CCC)c1I. The Kier molecular flexibility index (Phi) is 6.47. The molecule has 1 aliphatic heterocycles. The van der Waals surface area contributed by atoms with E-state index < -0.39 is 0 Å². The minimum Gasteiger partial charge on any atom is -0.369 e. The van der Waals surface area contributed by atoms with Gasteiger partial charge in [0.25, 0.3) is 0 Å². The standard InChI is InChI=1S/C15H26IN5/c1-4-6-12-13(16)14(17-7-5-2)19-15(18-12)21-10-8-20(3)9-11-21/h4-11H2,1-3H3,(H,17,18,19). The Morgan fingerprint density at radius 2 is 1.81 bits per heavy atom. The average Bonchev–Trinajstić information content (AvgIpc) is 2.49. The molecule has 1 saturated heterocycles. The van der Waals surface area contributed by atoms with E-state index in [1.54, 1.807) is 0 Å². The fourth-order valence-electron chi connectivity index (χ4n) is 2.39. The number of hydrogen-bond acceptors (Lipinski definition) is 5. The van der Waals surface area contributed by atoms with Crippen molar-refractivity contribution < 1.29 is 0 Å². The van der Waals surface area contributed by atoms with Gasteiger partial charge in [0.05, 0.1) is 9.26 Å². The fraction of sp³-hybridized carbons (Fsp3) is 0.733. The lowest BCUT2D eigenvalue weighted by Gasteiger charge is -2.32. The van der Waals surface area contributed by atoms with Gasteiger partial charge in [-0.2, -0.15) is 4.98 Å². The van der Waals surface area contributed by atoms with Crippen LogP contribution in [0.4, 0.5) is 11.8 Å². The molecule has 0 amide bonds. The highest BCUT2D eigenvalue weighted by atomic mass is 127. The molecule has 6 heteroatoms. The third-order valence-electron chi connectivity index (χ3n) is 3.72. The van der Waals surface area contributed by atoms with Crippen LogP contribution in [-0.2, 0) is 6.42 Å². The van der Waals surface area contributed by atoms with E-state index in [0.717, 1.165) is 63.8 Å². The Morgan fingerprint density at radius 1 is 1.10 bits per heavy atom. The number of aromatic nitrogens is 2. The maximum absolute atomic E-state index is 4.83. The van der Waals surface area contributed by atoms with Gasteiger partial charge in [0.2, 0.25) is 5.95 Å².